The largest absolute Gasteiger partial charge is 0.493 e. The number of carbonyl (C=O) groups excluding carboxylic acids is 2. The number of ether oxygens (including phenoxy) is 2. The second-order valence-electron chi connectivity index (χ2n) is 8.47. The Bertz CT molecular complexity index is 1530. The van der Waals surface area contributed by atoms with Crippen molar-refractivity contribution in [2.24, 2.45) is 0 Å². The molecule has 2 heterocycles. The van der Waals surface area contributed by atoms with Crippen LogP contribution in [0.25, 0.3) is 10.2 Å². The highest BCUT2D eigenvalue weighted by Gasteiger charge is 2.20. The number of fused-ring (bicyclic) bond motifs is 1. The summed E-state index contributed by atoms with van der Waals surface area (Å²) in [4.78, 5) is 43.8. The molecule has 2 amide bonds. The van der Waals surface area contributed by atoms with E-state index in [4.69, 9.17) is 9.47 Å². The van der Waals surface area contributed by atoms with Gasteiger partial charge in [0, 0.05) is 12.2 Å². The van der Waals surface area contributed by atoms with Crippen LogP contribution in [0, 0.1) is 13.8 Å². The number of thiophene rings is 1. The summed E-state index contributed by atoms with van der Waals surface area (Å²) < 4.78 is 11.8. The Morgan fingerprint density at radius 1 is 1.05 bits per heavy atom. The molecule has 9 nitrogen and oxygen atoms in total. The molecule has 0 bridgehead atoms. The Labute approximate surface area is 218 Å². The van der Waals surface area contributed by atoms with Crippen molar-refractivity contribution in [3.63, 3.8) is 0 Å². The van der Waals surface area contributed by atoms with Gasteiger partial charge in [-0.3, -0.25) is 19.0 Å². The van der Waals surface area contributed by atoms with Gasteiger partial charge in [0.1, 0.15) is 11.4 Å². The van der Waals surface area contributed by atoms with Gasteiger partial charge in [-0.2, -0.15) is 0 Å². The van der Waals surface area contributed by atoms with E-state index in [0.717, 1.165) is 22.5 Å². The maximum Gasteiger partial charge on any atom is 0.266 e. The van der Waals surface area contributed by atoms with Crippen LogP contribution in [0.1, 0.15) is 26.4 Å². The molecule has 0 saturated carbocycles. The summed E-state index contributed by atoms with van der Waals surface area (Å²) in [6.45, 7) is 3.85. The predicted octanol–water partition coefficient (Wildman–Crippen LogP) is 3.70. The fraction of sp³-hybridized carbons (Fsp3) is 0.259. The third-order valence-corrected chi connectivity index (χ3v) is 7.21. The van der Waals surface area contributed by atoms with Gasteiger partial charge in [0.2, 0.25) is 5.91 Å². The van der Waals surface area contributed by atoms with Gasteiger partial charge in [0.05, 0.1) is 30.8 Å². The highest BCUT2D eigenvalue weighted by molar-refractivity contribution is 7.20. The van der Waals surface area contributed by atoms with Crippen LogP contribution >= 0.6 is 11.3 Å². The molecule has 0 aliphatic heterocycles. The summed E-state index contributed by atoms with van der Waals surface area (Å²) in [7, 11) is 3.14. The van der Waals surface area contributed by atoms with Crippen molar-refractivity contribution >= 4 is 39.1 Å². The summed E-state index contributed by atoms with van der Waals surface area (Å²) in [6, 6.07) is 13.1. The average molecular weight is 521 g/mol. The van der Waals surface area contributed by atoms with Crippen molar-refractivity contribution in [3.8, 4) is 11.5 Å². The Balaban J connectivity index is 1.43. The van der Waals surface area contributed by atoms with Crippen molar-refractivity contribution in [2.45, 2.75) is 26.8 Å². The molecule has 0 aliphatic carbocycles. The number of amides is 2. The highest BCUT2D eigenvalue weighted by atomic mass is 32.1. The first kappa shape index (κ1) is 25.9. The maximum absolute atomic E-state index is 13.2. The second-order valence-corrected chi connectivity index (χ2v) is 9.47. The molecule has 0 unspecified atom stereocenters. The number of aromatic nitrogens is 2. The monoisotopic (exact) mass is 520 g/mol. The number of nitrogens with zero attached hydrogens (tertiary/aromatic N) is 2. The van der Waals surface area contributed by atoms with E-state index in [1.165, 1.54) is 10.9 Å². The molecular weight excluding hydrogens is 492 g/mol. The Hall–Kier alpha value is -4.18. The molecule has 4 aromatic rings. The molecule has 192 valence electrons. The fourth-order valence-corrected chi connectivity index (χ4v) is 5.01. The fourth-order valence-electron chi connectivity index (χ4n) is 3.97. The van der Waals surface area contributed by atoms with Gasteiger partial charge >= 0.3 is 0 Å². The van der Waals surface area contributed by atoms with E-state index in [1.807, 2.05) is 49.4 Å². The van der Waals surface area contributed by atoms with E-state index in [-0.39, 0.29) is 23.9 Å². The zero-order chi connectivity index (χ0) is 26.5. The van der Waals surface area contributed by atoms with Crippen LogP contribution in [-0.2, 0) is 17.8 Å². The van der Waals surface area contributed by atoms with Crippen molar-refractivity contribution < 1.29 is 19.1 Å². The molecular formula is C27H28N4O5S. The third kappa shape index (κ3) is 5.64. The zero-order valence-corrected chi connectivity index (χ0v) is 21.9. The molecule has 37 heavy (non-hydrogen) atoms. The second kappa shape index (κ2) is 11.3. The van der Waals surface area contributed by atoms with Crippen LogP contribution in [0.3, 0.4) is 0 Å². The van der Waals surface area contributed by atoms with Crippen LogP contribution in [0.15, 0.2) is 53.6 Å². The van der Waals surface area contributed by atoms with E-state index in [9.17, 15) is 14.4 Å². The van der Waals surface area contributed by atoms with Gasteiger partial charge in [0.25, 0.3) is 11.5 Å². The van der Waals surface area contributed by atoms with Crippen molar-refractivity contribution in [1.29, 1.82) is 0 Å². The van der Waals surface area contributed by atoms with Gasteiger partial charge in [-0.25, -0.2) is 4.98 Å². The van der Waals surface area contributed by atoms with Gasteiger partial charge in [-0.15, -0.1) is 11.3 Å². The van der Waals surface area contributed by atoms with E-state index in [0.29, 0.717) is 50.8 Å². The average Bonchev–Trinajstić information content (AvgIpc) is 3.24. The van der Waals surface area contributed by atoms with Crippen molar-refractivity contribution in [1.82, 2.24) is 14.9 Å². The Morgan fingerprint density at radius 3 is 2.54 bits per heavy atom. The summed E-state index contributed by atoms with van der Waals surface area (Å²) in [6.07, 6.45) is 1.93. The molecule has 2 N–H and O–H groups in total. The predicted molar refractivity (Wildman–Crippen MR) is 144 cm³/mol. The third-order valence-electron chi connectivity index (χ3n) is 6.01. The number of anilines is 1. The topological polar surface area (TPSA) is 112 Å². The molecule has 2 aromatic heterocycles. The number of methoxy groups -OCH3 is 2. The molecule has 0 spiro atoms. The highest BCUT2D eigenvalue weighted by Crippen LogP contribution is 2.29. The molecule has 0 saturated heterocycles. The van der Waals surface area contributed by atoms with E-state index in [2.05, 4.69) is 15.6 Å². The maximum atomic E-state index is 13.2. The zero-order valence-electron chi connectivity index (χ0n) is 21.1. The molecule has 4 rings (SSSR count). The quantitative estimate of drug-likeness (QED) is 0.348. The van der Waals surface area contributed by atoms with Crippen LogP contribution in [-0.4, -0.2) is 42.1 Å². The van der Waals surface area contributed by atoms with E-state index < -0.39 is 0 Å². The molecule has 0 atom stereocenters. The standard InChI is InChI=1S/C27H28N4O5S/c1-16-7-5-6-8-19(16)30-25(33)24-17(2)23-26(37-24)29-15-31(27(23)34)14-22(32)28-12-11-18-9-10-20(35-3)21(13-18)36-4/h5-10,13,15H,11-12,14H2,1-4H3,(H,28,32)(H,30,33). The normalized spacial score (nSPS) is 10.8. The van der Waals surface area contributed by atoms with E-state index >= 15 is 0 Å². The summed E-state index contributed by atoms with van der Waals surface area (Å²) in [5, 5.41) is 6.08. The number of para-hydroxylation sites is 1. The summed E-state index contributed by atoms with van der Waals surface area (Å²) >= 11 is 1.16. The summed E-state index contributed by atoms with van der Waals surface area (Å²) in [5.74, 6) is 0.648. The van der Waals surface area contributed by atoms with Crippen LogP contribution in [0.5, 0.6) is 11.5 Å². The molecule has 0 radical (unpaired) electrons. The minimum absolute atomic E-state index is 0.173. The number of aryl methyl sites for hydroxylation is 2. The van der Waals surface area contributed by atoms with Crippen LogP contribution < -0.4 is 25.7 Å². The number of carbonyl (C=O) groups is 2. The SMILES string of the molecule is COc1ccc(CCNC(=O)Cn2cnc3sc(C(=O)Nc4ccccc4C)c(C)c3c2=O)cc1OC. The van der Waals surface area contributed by atoms with Crippen molar-refractivity contribution in [3.05, 3.63) is 80.7 Å². The number of benzene rings is 2. The number of hydrogen-bond donors (Lipinski definition) is 2. The van der Waals surface area contributed by atoms with Crippen LogP contribution in [0.4, 0.5) is 5.69 Å². The lowest BCUT2D eigenvalue weighted by atomic mass is 10.1. The lowest BCUT2D eigenvalue weighted by molar-refractivity contribution is -0.121. The number of hydrogen-bond acceptors (Lipinski definition) is 7. The first-order valence-corrected chi connectivity index (χ1v) is 12.5. The van der Waals surface area contributed by atoms with E-state index in [1.54, 1.807) is 21.1 Å². The van der Waals surface area contributed by atoms with Crippen LogP contribution in [0.2, 0.25) is 0 Å². The Kier molecular flexibility index (Phi) is 7.88. The van der Waals surface area contributed by atoms with Gasteiger partial charge in [-0.05, 0) is 55.2 Å². The molecule has 0 fully saturated rings. The Morgan fingerprint density at radius 2 is 1.81 bits per heavy atom. The first-order valence-electron chi connectivity index (χ1n) is 11.7. The van der Waals surface area contributed by atoms with Gasteiger partial charge in [0.15, 0.2) is 11.5 Å². The van der Waals surface area contributed by atoms with Crippen molar-refractivity contribution in [2.75, 3.05) is 26.1 Å². The van der Waals surface area contributed by atoms with Gasteiger partial charge < -0.3 is 20.1 Å². The molecule has 2 aromatic carbocycles. The molecule has 10 heteroatoms. The number of nitrogens with one attached hydrogen (secondary N) is 2. The lowest BCUT2D eigenvalue weighted by Gasteiger charge is -2.10. The summed E-state index contributed by atoms with van der Waals surface area (Å²) in [5.41, 5.74) is 2.81. The van der Waals surface area contributed by atoms with Gasteiger partial charge in [-0.1, -0.05) is 24.3 Å². The minimum Gasteiger partial charge on any atom is -0.493 e. The first-order chi connectivity index (χ1) is 17.8. The number of rotatable bonds is 9. The molecule has 0 aliphatic rings. The minimum atomic E-state index is -0.358. The lowest BCUT2D eigenvalue weighted by Crippen LogP contribution is -2.33. The smallest absolute Gasteiger partial charge is 0.266 e.